The molecule has 0 bridgehead atoms. The van der Waals surface area contributed by atoms with Crippen LogP contribution in [0, 0.1) is 12.8 Å². The second-order valence-electron chi connectivity index (χ2n) is 10.5. The second kappa shape index (κ2) is 8.66. The van der Waals surface area contributed by atoms with E-state index >= 15 is 0 Å². The van der Waals surface area contributed by atoms with Crippen LogP contribution in [0.15, 0.2) is 36.4 Å². The van der Waals surface area contributed by atoms with Crippen molar-refractivity contribution in [1.29, 1.82) is 0 Å². The monoisotopic (exact) mass is 488 g/mol. The number of nitrogens with one attached hydrogen (secondary N) is 1. The summed E-state index contributed by atoms with van der Waals surface area (Å²) in [5.74, 6) is -0.140. The van der Waals surface area contributed by atoms with E-state index in [0.29, 0.717) is 17.0 Å². The predicted molar refractivity (Wildman–Crippen MR) is 135 cm³/mol. The van der Waals surface area contributed by atoms with E-state index in [1.807, 2.05) is 13.0 Å². The summed E-state index contributed by atoms with van der Waals surface area (Å²) in [6.45, 7) is 5.85. The van der Waals surface area contributed by atoms with Gasteiger partial charge in [0, 0.05) is 47.6 Å². The number of nitrogens with zero attached hydrogens (tertiary/aromatic N) is 1. The second-order valence-corrected chi connectivity index (χ2v) is 10.5. The van der Waals surface area contributed by atoms with Crippen molar-refractivity contribution in [2.45, 2.75) is 64.2 Å². The number of fused-ring (bicyclic) bond motifs is 3. The van der Waals surface area contributed by atoms with E-state index in [2.05, 4.69) is 16.0 Å². The molecule has 1 spiro atoms. The third-order valence-corrected chi connectivity index (χ3v) is 8.41. The number of carboxylic acids is 1. The number of piperidine rings is 2. The van der Waals surface area contributed by atoms with Crippen LogP contribution in [-0.4, -0.2) is 45.7 Å². The number of esters is 1. The Kier molecular flexibility index (Phi) is 5.56. The number of carboxylic acid groups (broad SMARTS) is 1. The lowest BCUT2D eigenvalue weighted by Crippen LogP contribution is -2.64. The van der Waals surface area contributed by atoms with E-state index < -0.39 is 18.0 Å². The van der Waals surface area contributed by atoms with Crippen LogP contribution < -0.4 is 4.74 Å². The molecule has 3 atom stereocenters. The molecule has 3 aliphatic heterocycles. The van der Waals surface area contributed by atoms with Gasteiger partial charge in [0.05, 0.1) is 11.1 Å². The molecule has 3 unspecified atom stereocenters. The van der Waals surface area contributed by atoms with E-state index in [0.717, 1.165) is 60.3 Å². The number of aromatic nitrogens is 1. The van der Waals surface area contributed by atoms with Crippen LogP contribution in [0.4, 0.5) is 0 Å². The SMILES string of the molecule is Cc1[nH]c2ccc3c(c2c1C(=O)OC(C)c1cccc(C(=O)O)c1)CC1CCCN2CCCCC12O3. The quantitative estimate of drug-likeness (QED) is 0.463. The highest BCUT2D eigenvalue weighted by Gasteiger charge is 2.52. The minimum absolute atomic E-state index is 0.169. The number of carbonyl (C=O) groups excluding carboxylic acids is 1. The highest BCUT2D eigenvalue weighted by molar-refractivity contribution is 6.07. The molecule has 0 aliphatic carbocycles. The molecule has 2 N–H and O–H groups in total. The first-order valence-corrected chi connectivity index (χ1v) is 13.0. The minimum atomic E-state index is -1.01. The van der Waals surface area contributed by atoms with E-state index in [1.54, 1.807) is 25.1 Å². The van der Waals surface area contributed by atoms with Crippen LogP contribution >= 0.6 is 0 Å². The van der Waals surface area contributed by atoms with E-state index in [1.165, 1.54) is 25.3 Å². The smallest absolute Gasteiger partial charge is 0.341 e. The van der Waals surface area contributed by atoms with Gasteiger partial charge in [-0.1, -0.05) is 12.1 Å². The van der Waals surface area contributed by atoms with Crippen molar-refractivity contribution in [2.75, 3.05) is 13.1 Å². The normalized spacial score (nSPS) is 24.2. The molecule has 2 aromatic carbocycles. The van der Waals surface area contributed by atoms with Crippen molar-refractivity contribution in [2.24, 2.45) is 5.92 Å². The Labute approximate surface area is 210 Å². The van der Waals surface area contributed by atoms with E-state index in [9.17, 15) is 14.7 Å². The zero-order valence-corrected chi connectivity index (χ0v) is 20.8. The number of benzene rings is 2. The summed E-state index contributed by atoms with van der Waals surface area (Å²) in [7, 11) is 0. The van der Waals surface area contributed by atoms with Gasteiger partial charge in [0.1, 0.15) is 11.9 Å². The van der Waals surface area contributed by atoms with Gasteiger partial charge in [-0.25, -0.2) is 9.59 Å². The number of aromatic amines is 1. The number of hydrogen-bond acceptors (Lipinski definition) is 5. The maximum atomic E-state index is 13.5. The molecular weight excluding hydrogens is 456 g/mol. The summed E-state index contributed by atoms with van der Waals surface area (Å²) in [5, 5.41) is 10.2. The maximum absolute atomic E-state index is 13.5. The van der Waals surface area contributed by atoms with Crippen molar-refractivity contribution in [3.63, 3.8) is 0 Å². The molecule has 1 aromatic heterocycles. The first kappa shape index (κ1) is 23.1. The molecular formula is C29H32N2O5. The van der Waals surface area contributed by atoms with Crippen LogP contribution in [0.5, 0.6) is 5.75 Å². The lowest BCUT2D eigenvalue weighted by molar-refractivity contribution is -0.177. The molecule has 36 heavy (non-hydrogen) atoms. The molecule has 6 rings (SSSR count). The van der Waals surface area contributed by atoms with Crippen LogP contribution in [-0.2, 0) is 11.2 Å². The molecule has 7 heteroatoms. The summed E-state index contributed by atoms with van der Waals surface area (Å²) >= 11 is 0. The van der Waals surface area contributed by atoms with Gasteiger partial charge in [0.15, 0.2) is 5.72 Å². The van der Waals surface area contributed by atoms with Gasteiger partial charge in [0.25, 0.3) is 0 Å². The van der Waals surface area contributed by atoms with Crippen LogP contribution in [0.2, 0.25) is 0 Å². The zero-order chi connectivity index (χ0) is 25.0. The van der Waals surface area contributed by atoms with Crippen molar-refractivity contribution < 1.29 is 24.2 Å². The number of carbonyl (C=O) groups is 2. The van der Waals surface area contributed by atoms with Gasteiger partial charge in [-0.05, 0) is 75.8 Å². The third kappa shape index (κ3) is 3.60. The van der Waals surface area contributed by atoms with E-state index in [4.69, 9.17) is 9.47 Å². The van der Waals surface area contributed by atoms with Gasteiger partial charge in [0.2, 0.25) is 0 Å². The van der Waals surface area contributed by atoms with Crippen LogP contribution in [0.1, 0.15) is 82.7 Å². The Hall–Kier alpha value is -3.32. The van der Waals surface area contributed by atoms with Crippen molar-refractivity contribution in [3.05, 3.63) is 64.3 Å². The first-order chi connectivity index (χ1) is 17.4. The Morgan fingerprint density at radius 1 is 1.19 bits per heavy atom. The lowest BCUT2D eigenvalue weighted by Gasteiger charge is -2.56. The Morgan fingerprint density at radius 3 is 2.86 bits per heavy atom. The molecule has 3 aliphatic rings. The Bertz CT molecular complexity index is 1360. The molecule has 2 saturated heterocycles. The summed E-state index contributed by atoms with van der Waals surface area (Å²) in [6, 6.07) is 10.6. The Morgan fingerprint density at radius 2 is 2.03 bits per heavy atom. The summed E-state index contributed by atoms with van der Waals surface area (Å²) in [4.78, 5) is 30.8. The average Bonchev–Trinajstić information content (AvgIpc) is 3.22. The number of ether oxygens (including phenoxy) is 2. The average molecular weight is 489 g/mol. The molecule has 188 valence electrons. The molecule has 0 saturated carbocycles. The predicted octanol–water partition coefficient (Wildman–Crippen LogP) is 5.62. The largest absolute Gasteiger partial charge is 0.478 e. The fraction of sp³-hybridized carbons (Fsp3) is 0.448. The van der Waals surface area contributed by atoms with Gasteiger partial charge in [-0.2, -0.15) is 0 Å². The van der Waals surface area contributed by atoms with Gasteiger partial charge in [-0.15, -0.1) is 0 Å². The third-order valence-electron chi connectivity index (χ3n) is 8.41. The number of H-pyrrole nitrogens is 1. The number of aromatic carboxylic acids is 1. The fourth-order valence-electron chi connectivity index (χ4n) is 6.68. The standard InChI is InChI=1S/C29H32N2O5/c1-17-25(28(34)35-18(2)19-7-5-8-20(15-19)27(32)33)26-22-16-21-9-6-14-31-13-4-3-12-29(21,31)36-24(22)11-10-23(26)30-17/h5,7-8,10-11,15,18,21,30H,3-4,6,9,12-14,16H2,1-2H3,(H,32,33). The van der Waals surface area contributed by atoms with Crippen molar-refractivity contribution >= 4 is 22.8 Å². The minimum Gasteiger partial charge on any atom is -0.478 e. The van der Waals surface area contributed by atoms with Gasteiger partial charge >= 0.3 is 11.9 Å². The molecule has 3 aromatic rings. The molecule has 7 nitrogen and oxygen atoms in total. The Balaban J connectivity index is 1.36. The summed E-state index contributed by atoms with van der Waals surface area (Å²) in [6.07, 6.45) is 6.08. The first-order valence-electron chi connectivity index (χ1n) is 13.0. The lowest BCUT2D eigenvalue weighted by atomic mass is 9.74. The molecule has 2 fully saturated rings. The van der Waals surface area contributed by atoms with Crippen LogP contribution in [0.3, 0.4) is 0 Å². The fourth-order valence-corrected chi connectivity index (χ4v) is 6.68. The highest BCUT2D eigenvalue weighted by Crippen LogP contribution is 2.50. The van der Waals surface area contributed by atoms with Crippen molar-refractivity contribution in [3.8, 4) is 5.75 Å². The van der Waals surface area contributed by atoms with Gasteiger partial charge < -0.3 is 19.6 Å². The number of aryl methyl sites for hydroxylation is 1. The van der Waals surface area contributed by atoms with Gasteiger partial charge in [-0.3, -0.25) is 4.90 Å². The van der Waals surface area contributed by atoms with E-state index in [-0.39, 0.29) is 11.3 Å². The summed E-state index contributed by atoms with van der Waals surface area (Å²) < 4.78 is 12.8. The number of hydrogen-bond donors (Lipinski definition) is 2. The topological polar surface area (TPSA) is 91.9 Å². The molecule has 4 heterocycles. The number of rotatable bonds is 4. The highest BCUT2D eigenvalue weighted by atomic mass is 16.5. The van der Waals surface area contributed by atoms with Crippen molar-refractivity contribution in [1.82, 2.24) is 9.88 Å². The maximum Gasteiger partial charge on any atom is 0.341 e. The zero-order valence-electron chi connectivity index (χ0n) is 20.8. The van der Waals surface area contributed by atoms with Crippen LogP contribution in [0.25, 0.3) is 10.9 Å². The molecule has 0 amide bonds. The summed E-state index contributed by atoms with van der Waals surface area (Å²) in [5.41, 5.74) is 3.90. The molecule has 0 radical (unpaired) electrons.